The zero-order chi connectivity index (χ0) is 17.5. The van der Waals surface area contributed by atoms with Gasteiger partial charge in [0.2, 0.25) is 0 Å². The molecule has 0 bridgehead atoms. The van der Waals surface area contributed by atoms with Gasteiger partial charge in [0, 0.05) is 24.8 Å². The zero-order valence-electron chi connectivity index (χ0n) is 13.9. The van der Waals surface area contributed by atoms with E-state index in [9.17, 15) is 0 Å². The molecule has 0 aliphatic heterocycles. The molecule has 1 heterocycles. The molecule has 1 aromatic heterocycles. The molecule has 24 heavy (non-hydrogen) atoms. The van der Waals surface area contributed by atoms with Crippen LogP contribution >= 0.6 is 23.8 Å². The minimum atomic E-state index is 0.553. The van der Waals surface area contributed by atoms with E-state index < -0.39 is 0 Å². The van der Waals surface area contributed by atoms with Gasteiger partial charge in [0.05, 0.1) is 31.1 Å². The van der Waals surface area contributed by atoms with E-state index in [-0.39, 0.29) is 0 Å². The normalized spacial score (nSPS) is 10.3. The molecule has 0 fully saturated rings. The van der Waals surface area contributed by atoms with Crippen molar-refractivity contribution in [2.45, 2.75) is 19.9 Å². The third-order valence-corrected chi connectivity index (χ3v) is 4.13. The Balaban J connectivity index is 1.78. The highest BCUT2D eigenvalue weighted by Gasteiger charge is 2.06. The van der Waals surface area contributed by atoms with Crippen molar-refractivity contribution in [3.63, 3.8) is 0 Å². The number of ether oxygens (including phenoxy) is 2. The number of hydrogen-bond acceptors (Lipinski definition) is 4. The summed E-state index contributed by atoms with van der Waals surface area (Å²) < 4.78 is 12.4. The maximum atomic E-state index is 5.98. The van der Waals surface area contributed by atoms with Crippen LogP contribution in [-0.2, 0) is 6.54 Å². The summed E-state index contributed by atoms with van der Waals surface area (Å²) in [5, 5.41) is 11.8. The summed E-state index contributed by atoms with van der Waals surface area (Å²) in [4.78, 5) is 0. The van der Waals surface area contributed by atoms with Gasteiger partial charge in [-0.25, -0.2) is 0 Å². The summed E-state index contributed by atoms with van der Waals surface area (Å²) in [6.07, 6.45) is 2.54. The van der Waals surface area contributed by atoms with Gasteiger partial charge in [0.1, 0.15) is 0 Å². The van der Waals surface area contributed by atoms with Crippen molar-refractivity contribution in [1.29, 1.82) is 0 Å². The molecule has 0 atom stereocenters. The summed E-state index contributed by atoms with van der Waals surface area (Å²) in [5.41, 5.74) is 1.81. The molecule has 0 unspecified atom stereocenters. The predicted molar refractivity (Wildman–Crippen MR) is 100 cm³/mol. The van der Waals surface area contributed by atoms with E-state index in [1.54, 1.807) is 20.4 Å². The third kappa shape index (κ3) is 4.75. The topological polar surface area (TPSA) is 60.3 Å². The lowest BCUT2D eigenvalue weighted by molar-refractivity contribution is 0.355. The van der Waals surface area contributed by atoms with Crippen molar-refractivity contribution in [1.82, 2.24) is 15.1 Å². The molecular formula is C16H21ClN4O2S. The van der Waals surface area contributed by atoms with Gasteiger partial charge in [-0.2, -0.15) is 5.10 Å². The maximum absolute atomic E-state index is 5.98. The number of thiocarbonyl (C=S) groups is 1. The maximum Gasteiger partial charge on any atom is 0.170 e. The fourth-order valence-corrected chi connectivity index (χ4v) is 2.53. The van der Waals surface area contributed by atoms with Crippen LogP contribution in [0.15, 0.2) is 24.4 Å². The predicted octanol–water partition coefficient (Wildman–Crippen LogP) is 3.24. The van der Waals surface area contributed by atoms with E-state index in [4.69, 9.17) is 33.3 Å². The number of aromatic nitrogens is 2. The number of benzene rings is 1. The molecule has 0 amide bonds. The summed E-state index contributed by atoms with van der Waals surface area (Å²) >= 11 is 11.3. The van der Waals surface area contributed by atoms with Crippen LogP contribution in [0.2, 0.25) is 5.02 Å². The van der Waals surface area contributed by atoms with E-state index in [2.05, 4.69) is 15.7 Å². The van der Waals surface area contributed by atoms with Crippen molar-refractivity contribution < 1.29 is 9.47 Å². The lowest BCUT2D eigenvalue weighted by atomic mass is 10.3. The Bertz CT molecular complexity index is 705. The van der Waals surface area contributed by atoms with E-state index in [1.807, 2.05) is 29.8 Å². The standard InChI is InChI=1S/C16H21ClN4O2S/c1-11-13(17)10-19-21(11)8-4-7-18-16(24)20-12-5-6-14(22-2)15(9-12)23-3/h5-6,9-10H,4,7-8H2,1-3H3,(H2,18,20,24). The molecule has 0 saturated heterocycles. The van der Waals surface area contributed by atoms with Gasteiger partial charge in [-0.05, 0) is 37.7 Å². The molecule has 0 radical (unpaired) electrons. The van der Waals surface area contributed by atoms with Crippen LogP contribution in [0.3, 0.4) is 0 Å². The quantitative estimate of drug-likeness (QED) is 0.578. The van der Waals surface area contributed by atoms with Gasteiger partial charge in [-0.1, -0.05) is 11.6 Å². The van der Waals surface area contributed by atoms with E-state index in [1.165, 1.54) is 0 Å². The van der Waals surface area contributed by atoms with Crippen LogP contribution in [0.25, 0.3) is 0 Å². The number of aryl methyl sites for hydroxylation is 1. The number of hydrogen-bond donors (Lipinski definition) is 2. The van der Waals surface area contributed by atoms with Crippen molar-refractivity contribution in [3.05, 3.63) is 35.1 Å². The fraction of sp³-hybridized carbons (Fsp3) is 0.375. The van der Waals surface area contributed by atoms with E-state index in [0.29, 0.717) is 21.6 Å². The Labute approximate surface area is 152 Å². The molecule has 0 spiro atoms. The molecule has 1 aromatic carbocycles. The van der Waals surface area contributed by atoms with Gasteiger partial charge in [0.15, 0.2) is 16.6 Å². The first-order valence-electron chi connectivity index (χ1n) is 7.50. The monoisotopic (exact) mass is 368 g/mol. The van der Waals surface area contributed by atoms with Gasteiger partial charge in [-0.15, -0.1) is 0 Å². The van der Waals surface area contributed by atoms with E-state index >= 15 is 0 Å². The number of methoxy groups -OCH3 is 2. The van der Waals surface area contributed by atoms with Gasteiger partial charge < -0.3 is 20.1 Å². The molecule has 6 nitrogen and oxygen atoms in total. The molecule has 2 N–H and O–H groups in total. The number of halogens is 1. The number of nitrogens with zero attached hydrogens (tertiary/aromatic N) is 2. The lowest BCUT2D eigenvalue weighted by Crippen LogP contribution is -2.29. The Morgan fingerprint density at radius 2 is 2.04 bits per heavy atom. The SMILES string of the molecule is COc1ccc(NC(=S)NCCCn2ncc(Cl)c2C)cc1OC. The number of anilines is 1. The minimum Gasteiger partial charge on any atom is -0.493 e. The molecule has 0 aliphatic carbocycles. The second-order valence-corrected chi connectivity index (χ2v) is 5.92. The first-order valence-corrected chi connectivity index (χ1v) is 8.28. The third-order valence-electron chi connectivity index (χ3n) is 3.52. The molecule has 0 saturated carbocycles. The summed E-state index contributed by atoms with van der Waals surface area (Å²) in [7, 11) is 3.20. The van der Waals surface area contributed by atoms with Crippen molar-refractivity contribution >= 4 is 34.6 Å². The second-order valence-electron chi connectivity index (χ2n) is 5.11. The number of nitrogens with one attached hydrogen (secondary N) is 2. The highest BCUT2D eigenvalue weighted by molar-refractivity contribution is 7.80. The highest BCUT2D eigenvalue weighted by atomic mass is 35.5. The summed E-state index contributed by atoms with van der Waals surface area (Å²) in [6.45, 7) is 3.46. The largest absolute Gasteiger partial charge is 0.493 e. The van der Waals surface area contributed by atoms with Crippen LogP contribution in [-0.4, -0.2) is 35.7 Å². The van der Waals surface area contributed by atoms with Crippen molar-refractivity contribution in [2.24, 2.45) is 0 Å². The van der Waals surface area contributed by atoms with Crippen LogP contribution in [0.1, 0.15) is 12.1 Å². The van der Waals surface area contributed by atoms with Crippen LogP contribution in [0.5, 0.6) is 11.5 Å². The summed E-state index contributed by atoms with van der Waals surface area (Å²) in [6, 6.07) is 5.54. The lowest BCUT2D eigenvalue weighted by Gasteiger charge is -2.13. The average Bonchev–Trinajstić information content (AvgIpc) is 2.90. The van der Waals surface area contributed by atoms with Crippen LogP contribution in [0, 0.1) is 6.92 Å². The first kappa shape index (κ1) is 18.4. The minimum absolute atomic E-state index is 0.553. The van der Waals surface area contributed by atoms with E-state index in [0.717, 1.165) is 30.9 Å². The molecule has 8 heteroatoms. The van der Waals surface area contributed by atoms with Crippen molar-refractivity contribution in [2.75, 3.05) is 26.1 Å². The summed E-state index contributed by atoms with van der Waals surface area (Å²) in [5.74, 6) is 1.33. The smallest absolute Gasteiger partial charge is 0.170 e. The Kier molecular flexibility index (Phi) is 6.69. The second kappa shape index (κ2) is 8.75. The molecule has 2 rings (SSSR count). The molecule has 130 valence electrons. The average molecular weight is 369 g/mol. The Hall–Kier alpha value is -1.99. The fourth-order valence-electron chi connectivity index (χ4n) is 2.17. The highest BCUT2D eigenvalue weighted by Crippen LogP contribution is 2.29. The van der Waals surface area contributed by atoms with Gasteiger partial charge >= 0.3 is 0 Å². The number of rotatable bonds is 7. The van der Waals surface area contributed by atoms with Crippen LogP contribution in [0.4, 0.5) is 5.69 Å². The van der Waals surface area contributed by atoms with Gasteiger partial charge in [0.25, 0.3) is 0 Å². The van der Waals surface area contributed by atoms with Crippen LogP contribution < -0.4 is 20.1 Å². The van der Waals surface area contributed by atoms with Crippen molar-refractivity contribution in [3.8, 4) is 11.5 Å². The molecular weight excluding hydrogens is 348 g/mol. The molecule has 2 aromatic rings. The Morgan fingerprint density at radius 1 is 1.29 bits per heavy atom. The molecule has 0 aliphatic rings. The van der Waals surface area contributed by atoms with Gasteiger partial charge in [-0.3, -0.25) is 4.68 Å². The first-order chi connectivity index (χ1) is 11.5. The Morgan fingerprint density at radius 3 is 2.67 bits per heavy atom. The zero-order valence-corrected chi connectivity index (χ0v) is 15.5.